The predicted octanol–water partition coefficient (Wildman–Crippen LogP) is 4.11. The van der Waals surface area contributed by atoms with Crippen molar-refractivity contribution < 1.29 is 19.1 Å². The lowest BCUT2D eigenvalue weighted by molar-refractivity contribution is -0.939. The highest BCUT2D eigenvalue weighted by molar-refractivity contribution is 9.09. The number of aliphatic hydroxyl groups excluding tert-OH is 1. The molecule has 4 fully saturated rings. The molecule has 4 aliphatic rings. The maximum absolute atomic E-state index is 12.8. The summed E-state index contributed by atoms with van der Waals surface area (Å²) in [7, 11) is 2.46. The van der Waals surface area contributed by atoms with Crippen molar-refractivity contribution in [2.45, 2.75) is 101 Å². The molecule has 4 rings (SSSR count). The van der Waals surface area contributed by atoms with Crippen LogP contribution in [0.4, 0.5) is 0 Å². The lowest BCUT2D eigenvalue weighted by atomic mass is 9.83. The molecule has 0 aromatic rings. The summed E-state index contributed by atoms with van der Waals surface area (Å²) in [4.78, 5) is 14.9. The molecule has 0 spiro atoms. The molecular weight excluding hydrogens is 456 g/mol. The molecule has 1 saturated heterocycles. The lowest BCUT2D eigenvalue weighted by Crippen LogP contribution is -2.62. The molecule has 1 heterocycles. The topological polar surface area (TPSA) is 49.8 Å². The zero-order chi connectivity index (χ0) is 21.8. The second-order valence-corrected chi connectivity index (χ2v) is 11.7. The SMILES string of the molecule is C[N+]1(C2CCC(COCC3CC3)CC2)CCC(N(C(=O)CBr)[C@@H]2CCCC[C@H]2O)CC1. The molecule has 5 nitrogen and oxygen atoms in total. The summed E-state index contributed by atoms with van der Waals surface area (Å²) in [6, 6.07) is 1.08. The van der Waals surface area contributed by atoms with Gasteiger partial charge in [-0.2, -0.15) is 0 Å². The Kier molecular flexibility index (Phi) is 8.38. The van der Waals surface area contributed by atoms with Crippen LogP contribution in [0.2, 0.25) is 0 Å². The van der Waals surface area contributed by atoms with E-state index in [1.165, 1.54) is 43.0 Å². The van der Waals surface area contributed by atoms with Crippen LogP contribution in [0.5, 0.6) is 0 Å². The van der Waals surface area contributed by atoms with Gasteiger partial charge in [0, 0.05) is 32.1 Å². The molecular formula is C25H44BrN2O3+. The number of nitrogens with zero attached hydrogens (tertiary/aromatic N) is 2. The van der Waals surface area contributed by atoms with Crippen molar-refractivity contribution in [1.82, 2.24) is 4.90 Å². The van der Waals surface area contributed by atoms with E-state index in [9.17, 15) is 9.90 Å². The molecule has 0 aromatic carbocycles. The van der Waals surface area contributed by atoms with Gasteiger partial charge in [0.2, 0.25) is 5.91 Å². The summed E-state index contributed by atoms with van der Waals surface area (Å²) in [5.74, 6) is 1.80. The van der Waals surface area contributed by atoms with E-state index in [-0.39, 0.29) is 18.1 Å². The first-order valence-corrected chi connectivity index (χ1v) is 14.1. The summed E-state index contributed by atoms with van der Waals surface area (Å²) < 4.78 is 7.15. The van der Waals surface area contributed by atoms with Crippen LogP contribution in [0.25, 0.3) is 0 Å². The lowest BCUT2D eigenvalue weighted by Gasteiger charge is -2.51. The van der Waals surface area contributed by atoms with Crippen LogP contribution in [-0.2, 0) is 9.53 Å². The summed E-state index contributed by atoms with van der Waals surface area (Å²) in [6.07, 6.45) is 13.8. The first kappa shape index (κ1) is 24.0. The van der Waals surface area contributed by atoms with Gasteiger partial charge in [0.1, 0.15) is 0 Å². The molecule has 3 aliphatic carbocycles. The monoisotopic (exact) mass is 499 g/mol. The molecule has 0 radical (unpaired) electrons. The molecule has 0 aromatic heterocycles. The average Bonchev–Trinajstić information content (AvgIpc) is 3.61. The zero-order valence-corrected chi connectivity index (χ0v) is 21.1. The standard InChI is InChI=1S/C25H44BrN2O3/c1-28(22-10-8-20(9-11-22)18-31-17-19-6-7-19)14-12-21(13-15-28)27(25(30)16-26)23-4-2-3-5-24(23)29/h19-24,29H,2-18H2,1H3/q+1/t20?,21?,22?,23-,24-,28?/m1/s1. The molecule has 3 saturated carbocycles. The van der Waals surface area contributed by atoms with Crippen LogP contribution < -0.4 is 0 Å². The summed E-state index contributed by atoms with van der Waals surface area (Å²) >= 11 is 3.40. The van der Waals surface area contributed by atoms with Gasteiger partial charge < -0.3 is 19.2 Å². The number of amides is 1. The number of carbonyl (C=O) groups is 1. The molecule has 1 N–H and O–H groups in total. The fourth-order valence-electron chi connectivity index (χ4n) is 6.55. The van der Waals surface area contributed by atoms with Gasteiger partial charge in [0.25, 0.3) is 0 Å². The summed E-state index contributed by atoms with van der Waals surface area (Å²) in [5, 5.41) is 11.0. The fraction of sp³-hybridized carbons (Fsp3) is 0.960. The number of halogens is 1. The third kappa shape index (κ3) is 6.04. The molecule has 178 valence electrons. The highest BCUT2D eigenvalue weighted by Crippen LogP contribution is 2.36. The average molecular weight is 501 g/mol. The Balaban J connectivity index is 1.27. The number of rotatable bonds is 8. The number of hydrogen-bond acceptors (Lipinski definition) is 3. The van der Waals surface area contributed by atoms with Crippen LogP contribution in [0, 0.1) is 11.8 Å². The highest BCUT2D eigenvalue weighted by atomic mass is 79.9. The van der Waals surface area contributed by atoms with Gasteiger partial charge in [0.05, 0.1) is 43.7 Å². The predicted molar refractivity (Wildman–Crippen MR) is 127 cm³/mol. The van der Waals surface area contributed by atoms with E-state index in [0.717, 1.165) is 82.7 Å². The van der Waals surface area contributed by atoms with E-state index >= 15 is 0 Å². The second-order valence-electron chi connectivity index (χ2n) is 11.2. The Morgan fingerprint density at radius 2 is 1.52 bits per heavy atom. The maximum atomic E-state index is 12.8. The molecule has 31 heavy (non-hydrogen) atoms. The van der Waals surface area contributed by atoms with Crippen LogP contribution in [0.15, 0.2) is 0 Å². The number of piperidine rings is 1. The number of ether oxygens (including phenoxy) is 1. The van der Waals surface area contributed by atoms with E-state index < -0.39 is 0 Å². The highest BCUT2D eigenvalue weighted by Gasteiger charge is 2.43. The third-order valence-corrected chi connectivity index (χ3v) is 9.37. The van der Waals surface area contributed by atoms with Crippen molar-refractivity contribution >= 4 is 21.8 Å². The molecule has 1 amide bonds. The minimum atomic E-state index is -0.350. The van der Waals surface area contributed by atoms with Gasteiger partial charge in [-0.3, -0.25) is 4.79 Å². The summed E-state index contributed by atoms with van der Waals surface area (Å²) in [6.45, 7) is 4.29. The Morgan fingerprint density at radius 3 is 2.06 bits per heavy atom. The summed E-state index contributed by atoms with van der Waals surface area (Å²) in [5.41, 5.74) is 0. The van der Waals surface area contributed by atoms with Gasteiger partial charge in [-0.25, -0.2) is 0 Å². The minimum absolute atomic E-state index is 0.0201. The van der Waals surface area contributed by atoms with E-state index in [0.29, 0.717) is 11.4 Å². The van der Waals surface area contributed by atoms with Crippen molar-refractivity contribution in [3.8, 4) is 0 Å². The number of alkyl halides is 1. The first-order chi connectivity index (χ1) is 15.0. The van der Waals surface area contributed by atoms with Gasteiger partial charge in [-0.05, 0) is 63.2 Å². The Morgan fingerprint density at radius 1 is 0.935 bits per heavy atom. The van der Waals surface area contributed by atoms with Gasteiger partial charge in [-0.1, -0.05) is 28.8 Å². The molecule has 1 aliphatic heterocycles. The van der Waals surface area contributed by atoms with Crippen molar-refractivity contribution in [1.29, 1.82) is 0 Å². The maximum Gasteiger partial charge on any atom is 0.233 e. The fourth-order valence-corrected chi connectivity index (χ4v) is 6.84. The number of carbonyl (C=O) groups excluding carboxylic acids is 1. The van der Waals surface area contributed by atoms with E-state index in [2.05, 4.69) is 27.9 Å². The van der Waals surface area contributed by atoms with Crippen LogP contribution in [0.3, 0.4) is 0 Å². The normalized spacial score (nSPS) is 39.3. The van der Waals surface area contributed by atoms with Gasteiger partial charge >= 0.3 is 0 Å². The minimum Gasteiger partial charge on any atom is -0.391 e. The number of aliphatic hydroxyl groups is 1. The Hall–Kier alpha value is -0.170. The largest absolute Gasteiger partial charge is 0.391 e. The number of quaternary nitrogens is 1. The molecule has 0 bridgehead atoms. The molecule has 2 atom stereocenters. The van der Waals surface area contributed by atoms with E-state index in [1.54, 1.807) is 0 Å². The Labute approximate surface area is 197 Å². The van der Waals surface area contributed by atoms with Crippen LogP contribution >= 0.6 is 15.9 Å². The zero-order valence-electron chi connectivity index (χ0n) is 19.5. The quantitative estimate of drug-likeness (QED) is 0.403. The van der Waals surface area contributed by atoms with E-state index in [1.807, 2.05) is 0 Å². The van der Waals surface area contributed by atoms with Crippen molar-refractivity contribution in [2.75, 3.05) is 38.7 Å². The smallest absolute Gasteiger partial charge is 0.233 e. The van der Waals surface area contributed by atoms with E-state index in [4.69, 9.17) is 4.74 Å². The van der Waals surface area contributed by atoms with Gasteiger partial charge in [0.15, 0.2) is 0 Å². The van der Waals surface area contributed by atoms with Crippen molar-refractivity contribution in [3.63, 3.8) is 0 Å². The van der Waals surface area contributed by atoms with Crippen LogP contribution in [-0.4, -0.2) is 83.3 Å². The van der Waals surface area contributed by atoms with Gasteiger partial charge in [-0.15, -0.1) is 0 Å². The number of hydrogen-bond donors (Lipinski definition) is 1. The third-order valence-electron chi connectivity index (χ3n) is 8.90. The molecule has 6 heteroatoms. The molecule has 0 unspecified atom stereocenters. The van der Waals surface area contributed by atoms with Crippen LogP contribution in [0.1, 0.15) is 77.0 Å². The van der Waals surface area contributed by atoms with Crippen molar-refractivity contribution in [3.05, 3.63) is 0 Å². The first-order valence-electron chi connectivity index (χ1n) is 13.0. The van der Waals surface area contributed by atoms with Crippen molar-refractivity contribution in [2.24, 2.45) is 11.8 Å². The second kappa shape index (κ2) is 10.8. The number of likely N-dealkylation sites (tertiary alicyclic amines) is 1. The Bertz CT molecular complexity index is 583.